The predicted octanol–water partition coefficient (Wildman–Crippen LogP) is 10.1. The van der Waals surface area contributed by atoms with Crippen LogP contribution in [0.3, 0.4) is 0 Å². The summed E-state index contributed by atoms with van der Waals surface area (Å²) >= 11 is 1.36. The lowest BCUT2D eigenvalue weighted by Crippen LogP contribution is -2.39. The van der Waals surface area contributed by atoms with Crippen LogP contribution in [0, 0.1) is 22.7 Å². The van der Waals surface area contributed by atoms with Crippen molar-refractivity contribution in [1.82, 2.24) is 24.2 Å². The molecule has 15 nitrogen and oxygen atoms in total. The number of carbonyl (C=O) groups excluding carboxylic acids is 1. The van der Waals surface area contributed by atoms with Gasteiger partial charge in [-0.2, -0.15) is 15.5 Å². The molecule has 1 aliphatic rings. The lowest BCUT2D eigenvalue weighted by Gasteiger charge is -2.39. The number of anilines is 1. The summed E-state index contributed by atoms with van der Waals surface area (Å²) in [5.74, 6) is 1.57. The first-order chi connectivity index (χ1) is 32.6. The molecule has 348 valence electrons. The average molecular weight is 943 g/mol. The molecule has 4 aromatic carbocycles. The molecule has 0 spiro atoms. The summed E-state index contributed by atoms with van der Waals surface area (Å²) in [7, 11) is 1.57. The number of benzene rings is 4. The zero-order chi connectivity index (χ0) is 47.3. The summed E-state index contributed by atoms with van der Waals surface area (Å²) in [6, 6.07) is 39.0. The number of methoxy groups -OCH3 is 2. The number of ether oxygens (including phenoxy) is 4. The molecule has 0 bridgehead atoms. The zero-order valence-electron chi connectivity index (χ0n) is 38.4. The number of carbonyl (C=O) groups is 1. The number of amides is 1. The quantitative estimate of drug-likeness (QED) is 0.0223. The fourth-order valence-corrected chi connectivity index (χ4v) is 10.6. The van der Waals surface area contributed by atoms with Crippen LogP contribution in [-0.4, -0.2) is 87.6 Å². The van der Waals surface area contributed by atoms with Gasteiger partial charge in [-0.25, -0.2) is 14.6 Å². The van der Waals surface area contributed by atoms with Crippen LogP contribution in [0.2, 0.25) is 0 Å². The summed E-state index contributed by atoms with van der Waals surface area (Å²) in [6.45, 7) is 8.61. The molecule has 1 fully saturated rings. The maximum atomic E-state index is 13.4. The lowest BCUT2D eigenvalue weighted by molar-refractivity contribution is -0.0912. The second-order valence-corrected chi connectivity index (χ2v) is 18.6. The minimum atomic E-state index is -1.70. The van der Waals surface area contributed by atoms with Gasteiger partial charge in [0.15, 0.2) is 5.65 Å². The average Bonchev–Trinajstić information content (AvgIpc) is 3.96. The Labute approximate surface area is 397 Å². The van der Waals surface area contributed by atoms with E-state index in [9.17, 15) is 15.3 Å². The number of nitrogens with zero attached hydrogens (tertiary/aromatic N) is 7. The van der Waals surface area contributed by atoms with Gasteiger partial charge in [-0.3, -0.25) is 14.7 Å². The summed E-state index contributed by atoms with van der Waals surface area (Å²) < 4.78 is 43.2. The van der Waals surface area contributed by atoms with E-state index in [1.165, 1.54) is 11.8 Å². The number of fused-ring (bicyclic) bond motifs is 1. The van der Waals surface area contributed by atoms with E-state index in [1.807, 2.05) is 89.5 Å². The van der Waals surface area contributed by atoms with Gasteiger partial charge in [0.1, 0.15) is 40.0 Å². The van der Waals surface area contributed by atoms with Gasteiger partial charge in [-0.05, 0) is 80.8 Å². The number of nitrogens with one attached hydrogen (secondary N) is 1. The van der Waals surface area contributed by atoms with Crippen molar-refractivity contribution < 1.29 is 32.8 Å². The van der Waals surface area contributed by atoms with Crippen LogP contribution in [-0.2, 0) is 24.1 Å². The Kier molecular flexibility index (Phi) is 16.9. The third kappa shape index (κ3) is 11.4. The third-order valence-corrected chi connectivity index (χ3v) is 14.2. The molecule has 1 unspecified atom stereocenters. The van der Waals surface area contributed by atoms with Gasteiger partial charge in [0.25, 0.3) is 14.4 Å². The molecule has 0 saturated carbocycles. The standard InChI is InChI=1S/C50H55N8O7PS/c1-34(2)58(35(3)4)66(63-29-13-27-51)65-42-31-44(57-33-53-45-46(57)54-49(56-48(45)67-30-14-28-52)55-47(59)36-15-9-7-10-16-36)64-43(42)32-62-50(37-17-11-8-12-18-37,38-19-23-40(60-5)24-20-38)39-21-25-41(61-6)26-22-39/h7-12,15-26,33-35,42-44H,13-14,29-32H2,1-6H3,(H,54,55,56,59)/t42-,43+,44+,66?/m0/s1. The molecule has 0 aliphatic carbocycles. The number of aromatic nitrogens is 4. The minimum Gasteiger partial charge on any atom is -0.497 e. The monoisotopic (exact) mass is 942 g/mol. The van der Waals surface area contributed by atoms with Gasteiger partial charge in [-0.1, -0.05) is 72.8 Å². The first-order valence-electron chi connectivity index (χ1n) is 22.1. The minimum absolute atomic E-state index is 0.0488. The largest absolute Gasteiger partial charge is 0.497 e. The van der Waals surface area contributed by atoms with Crippen LogP contribution in [0.5, 0.6) is 11.5 Å². The normalized spacial score (nSPS) is 16.6. The van der Waals surface area contributed by atoms with E-state index in [1.54, 1.807) is 44.8 Å². The molecule has 1 aliphatic heterocycles. The molecule has 1 saturated heterocycles. The molecule has 67 heavy (non-hydrogen) atoms. The number of hydrogen-bond acceptors (Lipinski definition) is 14. The molecule has 1 amide bonds. The van der Waals surface area contributed by atoms with E-state index in [4.69, 9.17) is 42.9 Å². The fourth-order valence-electron chi connectivity index (χ4n) is 8.04. The second-order valence-electron chi connectivity index (χ2n) is 16.1. The molecular weight excluding hydrogens is 888 g/mol. The molecule has 4 atom stereocenters. The number of rotatable bonds is 22. The topological polar surface area (TPSA) is 179 Å². The van der Waals surface area contributed by atoms with Crippen molar-refractivity contribution in [1.29, 1.82) is 10.5 Å². The van der Waals surface area contributed by atoms with Crippen molar-refractivity contribution in [3.05, 3.63) is 138 Å². The Balaban J connectivity index is 1.32. The Morgan fingerprint density at radius 1 is 0.866 bits per heavy atom. The maximum Gasteiger partial charge on any atom is 0.259 e. The van der Waals surface area contributed by atoms with Gasteiger partial charge in [0, 0.05) is 36.2 Å². The van der Waals surface area contributed by atoms with Gasteiger partial charge in [0.05, 0.1) is 58.4 Å². The fraction of sp³-hybridized carbons (Fsp3) is 0.360. The van der Waals surface area contributed by atoms with Crippen molar-refractivity contribution in [3.63, 3.8) is 0 Å². The van der Waals surface area contributed by atoms with Crippen LogP contribution in [0.1, 0.15) is 80.2 Å². The highest BCUT2D eigenvalue weighted by atomic mass is 32.2. The van der Waals surface area contributed by atoms with E-state index in [2.05, 4.69) is 49.8 Å². The van der Waals surface area contributed by atoms with Crippen molar-refractivity contribution in [2.45, 2.75) is 88.1 Å². The smallest absolute Gasteiger partial charge is 0.259 e. The summed E-state index contributed by atoms with van der Waals surface area (Å²) in [5.41, 5.74) is 2.81. The molecule has 6 aromatic rings. The van der Waals surface area contributed by atoms with Crippen molar-refractivity contribution in [2.75, 3.05) is 38.5 Å². The van der Waals surface area contributed by atoms with E-state index >= 15 is 0 Å². The summed E-state index contributed by atoms with van der Waals surface area (Å²) in [6.07, 6.45) is 0.519. The Bertz CT molecular complexity index is 2570. The van der Waals surface area contributed by atoms with Crippen LogP contribution in [0.4, 0.5) is 5.95 Å². The van der Waals surface area contributed by atoms with Gasteiger partial charge < -0.3 is 28.0 Å². The van der Waals surface area contributed by atoms with E-state index < -0.39 is 32.6 Å². The number of imidazole rings is 1. The zero-order valence-corrected chi connectivity index (χ0v) is 40.2. The van der Waals surface area contributed by atoms with Crippen molar-refractivity contribution >= 4 is 43.3 Å². The first-order valence-corrected chi connectivity index (χ1v) is 24.2. The van der Waals surface area contributed by atoms with Crippen LogP contribution < -0.4 is 14.8 Å². The van der Waals surface area contributed by atoms with Crippen LogP contribution >= 0.6 is 20.3 Å². The molecule has 7 rings (SSSR count). The Hall–Kier alpha value is -5.94. The van der Waals surface area contributed by atoms with E-state index in [-0.39, 0.29) is 50.0 Å². The first kappa shape index (κ1) is 49.0. The lowest BCUT2D eigenvalue weighted by atomic mass is 9.80. The number of hydrogen-bond donors (Lipinski definition) is 1. The van der Waals surface area contributed by atoms with Gasteiger partial charge >= 0.3 is 0 Å². The van der Waals surface area contributed by atoms with Crippen molar-refractivity contribution in [3.8, 4) is 23.6 Å². The van der Waals surface area contributed by atoms with Gasteiger partial charge in [0.2, 0.25) is 5.95 Å². The molecule has 2 aromatic heterocycles. The highest BCUT2D eigenvalue weighted by Gasteiger charge is 2.45. The third-order valence-electron chi connectivity index (χ3n) is 11.1. The summed E-state index contributed by atoms with van der Waals surface area (Å²) in [5, 5.41) is 22.2. The Morgan fingerprint density at radius 2 is 1.46 bits per heavy atom. The maximum absolute atomic E-state index is 13.4. The highest BCUT2D eigenvalue weighted by Crippen LogP contribution is 2.51. The number of nitriles is 2. The van der Waals surface area contributed by atoms with E-state index in [0.717, 1.165) is 16.7 Å². The molecule has 1 N–H and O–H groups in total. The van der Waals surface area contributed by atoms with Crippen molar-refractivity contribution in [2.24, 2.45) is 0 Å². The van der Waals surface area contributed by atoms with Gasteiger partial charge in [-0.15, -0.1) is 11.8 Å². The molecular formula is C50H55N8O7PS. The van der Waals surface area contributed by atoms with Crippen LogP contribution in [0.25, 0.3) is 11.2 Å². The Morgan fingerprint density at radius 3 is 2.04 bits per heavy atom. The summed E-state index contributed by atoms with van der Waals surface area (Å²) in [4.78, 5) is 27.7. The second kappa shape index (κ2) is 23.2. The highest BCUT2D eigenvalue weighted by molar-refractivity contribution is 7.99. The van der Waals surface area contributed by atoms with Crippen LogP contribution in [0.15, 0.2) is 121 Å². The molecule has 17 heteroatoms. The number of thioether (sulfide) groups is 1. The SMILES string of the molecule is COc1ccc(C(OC[C@H]2O[C@@H](n3cnc4c(SCCC#N)nc(NC(=O)c5ccccc5)nc43)C[C@@H]2OP(OCCC#N)N(C(C)C)C(C)C)(c2ccccc2)c2ccc(OC)cc2)cc1. The van der Waals surface area contributed by atoms with E-state index in [0.29, 0.717) is 45.4 Å². The predicted molar refractivity (Wildman–Crippen MR) is 258 cm³/mol. The molecule has 0 radical (unpaired) electrons. The molecule has 3 heterocycles.